The van der Waals surface area contributed by atoms with Gasteiger partial charge in [0, 0.05) is 31.0 Å². The third-order valence-corrected chi connectivity index (χ3v) is 3.96. The van der Waals surface area contributed by atoms with Crippen LogP contribution in [0.1, 0.15) is 30.5 Å². The molecule has 0 bridgehead atoms. The Labute approximate surface area is 99.6 Å². The molecule has 0 radical (unpaired) electrons. The van der Waals surface area contributed by atoms with Crippen molar-refractivity contribution in [1.29, 1.82) is 0 Å². The van der Waals surface area contributed by atoms with Crippen molar-refractivity contribution in [1.82, 2.24) is 9.78 Å². The van der Waals surface area contributed by atoms with Gasteiger partial charge in [0.15, 0.2) is 0 Å². The standard InChI is InChI=1S/C11H18BrN3/c1-8-10(7-12)11(15(3)13-8)14(2)9-5-4-6-9/h9H,4-7H2,1-3H3. The molecule has 1 aromatic heterocycles. The Kier molecular flexibility index (Phi) is 3.05. The van der Waals surface area contributed by atoms with E-state index in [0.717, 1.165) is 17.1 Å². The number of rotatable bonds is 3. The van der Waals surface area contributed by atoms with Gasteiger partial charge in [-0.15, -0.1) is 0 Å². The van der Waals surface area contributed by atoms with Crippen molar-refractivity contribution >= 4 is 21.7 Å². The fourth-order valence-corrected chi connectivity index (χ4v) is 2.89. The average molecular weight is 272 g/mol. The van der Waals surface area contributed by atoms with Gasteiger partial charge >= 0.3 is 0 Å². The lowest BCUT2D eigenvalue weighted by Crippen LogP contribution is -2.38. The van der Waals surface area contributed by atoms with Gasteiger partial charge in [0.25, 0.3) is 0 Å². The molecule has 1 fully saturated rings. The summed E-state index contributed by atoms with van der Waals surface area (Å²) in [6.45, 7) is 2.08. The third-order valence-electron chi connectivity index (χ3n) is 3.40. The van der Waals surface area contributed by atoms with Crippen molar-refractivity contribution in [2.75, 3.05) is 11.9 Å². The molecule has 3 nitrogen and oxygen atoms in total. The first-order valence-electron chi connectivity index (χ1n) is 5.46. The number of alkyl halides is 1. The van der Waals surface area contributed by atoms with Crippen LogP contribution in [0, 0.1) is 6.92 Å². The Morgan fingerprint density at radius 3 is 2.67 bits per heavy atom. The monoisotopic (exact) mass is 271 g/mol. The summed E-state index contributed by atoms with van der Waals surface area (Å²) < 4.78 is 2.00. The van der Waals surface area contributed by atoms with Crippen LogP contribution in [0.25, 0.3) is 0 Å². The van der Waals surface area contributed by atoms with Gasteiger partial charge in [-0.2, -0.15) is 5.10 Å². The summed E-state index contributed by atoms with van der Waals surface area (Å²) in [4.78, 5) is 2.39. The molecule has 0 N–H and O–H groups in total. The molecule has 84 valence electrons. The fourth-order valence-electron chi connectivity index (χ4n) is 2.23. The minimum Gasteiger partial charge on any atom is -0.357 e. The molecule has 2 rings (SSSR count). The summed E-state index contributed by atoms with van der Waals surface area (Å²) >= 11 is 3.55. The predicted octanol–water partition coefficient (Wildman–Crippen LogP) is 2.61. The van der Waals surface area contributed by atoms with Crippen molar-refractivity contribution in [2.24, 2.45) is 7.05 Å². The smallest absolute Gasteiger partial charge is 0.130 e. The van der Waals surface area contributed by atoms with Crippen LogP contribution < -0.4 is 4.90 Å². The molecule has 0 saturated heterocycles. The van der Waals surface area contributed by atoms with Crippen LogP contribution >= 0.6 is 15.9 Å². The van der Waals surface area contributed by atoms with Gasteiger partial charge in [-0.1, -0.05) is 15.9 Å². The van der Waals surface area contributed by atoms with Crippen molar-refractivity contribution < 1.29 is 0 Å². The minimum atomic E-state index is 0.720. The van der Waals surface area contributed by atoms with Crippen LogP contribution in [0.2, 0.25) is 0 Å². The quantitative estimate of drug-likeness (QED) is 0.789. The van der Waals surface area contributed by atoms with E-state index in [1.54, 1.807) is 0 Å². The Morgan fingerprint density at radius 2 is 2.20 bits per heavy atom. The number of hydrogen-bond donors (Lipinski definition) is 0. The number of hydrogen-bond acceptors (Lipinski definition) is 2. The molecule has 4 heteroatoms. The number of aryl methyl sites for hydroxylation is 2. The molecule has 15 heavy (non-hydrogen) atoms. The van der Waals surface area contributed by atoms with E-state index in [-0.39, 0.29) is 0 Å². The molecule has 1 aromatic rings. The first-order chi connectivity index (χ1) is 7.15. The molecule has 1 aliphatic rings. The van der Waals surface area contributed by atoms with Crippen molar-refractivity contribution in [3.8, 4) is 0 Å². The van der Waals surface area contributed by atoms with E-state index >= 15 is 0 Å². The highest BCUT2D eigenvalue weighted by molar-refractivity contribution is 9.08. The highest BCUT2D eigenvalue weighted by Gasteiger charge is 2.26. The van der Waals surface area contributed by atoms with E-state index in [1.165, 1.54) is 30.6 Å². The molecule has 0 unspecified atom stereocenters. The largest absolute Gasteiger partial charge is 0.357 e. The highest BCUT2D eigenvalue weighted by atomic mass is 79.9. The summed E-state index contributed by atoms with van der Waals surface area (Å²) in [5.74, 6) is 1.27. The van der Waals surface area contributed by atoms with Gasteiger partial charge in [-0.05, 0) is 26.2 Å². The average Bonchev–Trinajstić information content (AvgIpc) is 2.37. The van der Waals surface area contributed by atoms with E-state index in [9.17, 15) is 0 Å². The number of nitrogens with zero attached hydrogens (tertiary/aromatic N) is 3. The SMILES string of the molecule is Cc1nn(C)c(N(C)C2CCC2)c1CBr. The van der Waals surface area contributed by atoms with Crippen LogP contribution in [-0.4, -0.2) is 22.9 Å². The van der Waals surface area contributed by atoms with E-state index < -0.39 is 0 Å². The molecule has 0 aromatic carbocycles. The zero-order chi connectivity index (χ0) is 11.0. The lowest BCUT2D eigenvalue weighted by Gasteiger charge is -2.36. The van der Waals surface area contributed by atoms with Crippen molar-refractivity contribution in [3.63, 3.8) is 0 Å². The number of halogens is 1. The minimum absolute atomic E-state index is 0.720. The van der Waals surface area contributed by atoms with Crippen LogP contribution in [0.3, 0.4) is 0 Å². The van der Waals surface area contributed by atoms with Crippen LogP contribution in [0.4, 0.5) is 5.82 Å². The zero-order valence-electron chi connectivity index (χ0n) is 9.63. The number of aromatic nitrogens is 2. The van der Waals surface area contributed by atoms with E-state index in [0.29, 0.717) is 0 Å². The molecule has 0 atom stereocenters. The van der Waals surface area contributed by atoms with Crippen molar-refractivity contribution in [3.05, 3.63) is 11.3 Å². The van der Waals surface area contributed by atoms with Crippen LogP contribution in [0.15, 0.2) is 0 Å². The highest BCUT2D eigenvalue weighted by Crippen LogP contribution is 2.32. The Balaban J connectivity index is 2.32. The van der Waals surface area contributed by atoms with E-state index in [1.807, 2.05) is 11.7 Å². The van der Waals surface area contributed by atoms with Gasteiger partial charge in [0.05, 0.1) is 5.69 Å². The normalized spacial score (nSPS) is 16.5. The van der Waals surface area contributed by atoms with Gasteiger partial charge in [0.2, 0.25) is 0 Å². The molecule has 0 spiro atoms. The van der Waals surface area contributed by atoms with E-state index in [4.69, 9.17) is 0 Å². The molecule has 0 aliphatic heterocycles. The fraction of sp³-hybridized carbons (Fsp3) is 0.727. The molecule has 1 saturated carbocycles. The summed E-state index contributed by atoms with van der Waals surface area (Å²) in [5, 5.41) is 5.38. The van der Waals surface area contributed by atoms with Crippen molar-refractivity contribution in [2.45, 2.75) is 37.6 Å². The lowest BCUT2D eigenvalue weighted by molar-refractivity contribution is 0.396. The Bertz CT molecular complexity index is 355. The maximum atomic E-state index is 4.49. The second-order valence-electron chi connectivity index (χ2n) is 4.34. The van der Waals surface area contributed by atoms with Crippen LogP contribution in [-0.2, 0) is 12.4 Å². The summed E-state index contributed by atoms with van der Waals surface area (Å²) in [7, 11) is 4.22. The first kappa shape index (κ1) is 11.0. The lowest BCUT2D eigenvalue weighted by atomic mass is 9.92. The van der Waals surface area contributed by atoms with Gasteiger partial charge in [-0.25, -0.2) is 0 Å². The Morgan fingerprint density at radius 1 is 1.53 bits per heavy atom. The second-order valence-corrected chi connectivity index (χ2v) is 4.90. The van der Waals surface area contributed by atoms with Gasteiger partial charge < -0.3 is 4.90 Å². The molecular formula is C11H18BrN3. The number of anilines is 1. The van der Waals surface area contributed by atoms with Gasteiger partial charge in [0.1, 0.15) is 5.82 Å². The van der Waals surface area contributed by atoms with E-state index in [2.05, 4.69) is 39.9 Å². The third kappa shape index (κ3) is 1.80. The topological polar surface area (TPSA) is 21.1 Å². The maximum absolute atomic E-state index is 4.49. The molecule has 1 heterocycles. The predicted molar refractivity (Wildman–Crippen MR) is 66.6 cm³/mol. The van der Waals surface area contributed by atoms with Crippen LogP contribution in [0.5, 0.6) is 0 Å². The maximum Gasteiger partial charge on any atom is 0.130 e. The molecular weight excluding hydrogens is 254 g/mol. The first-order valence-corrected chi connectivity index (χ1v) is 6.58. The van der Waals surface area contributed by atoms with Gasteiger partial charge in [-0.3, -0.25) is 4.68 Å². The Hall–Kier alpha value is -0.510. The summed E-state index contributed by atoms with van der Waals surface area (Å²) in [5.41, 5.74) is 2.46. The zero-order valence-corrected chi connectivity index (χ0v) is 11.2. The second kappa shape index (κ2) is 4.16. The molecule has 0 amide bonds. The summed E-state index contributed by atoms with van der Waals surface area (Å²) in [6.07, 6.45) is 4.01. The summed E-state index contributed by atoms with van der Waals surface area (Å²) in [6, 6.07) is 0.720. The molecule has 1 aliphatic carbocycles.